The van der Waals surface area contributed by atoms with Gasteiger partial charge in [0.05, 0.1) is 12.6 Å². The van der Waals surface area contributed by atoms with Gasteiger partial charge in [-0.3, -0.25) is 14.5 Å². The van der Waals surface area contributed by atoms with Crippen molar-refractivity contribution in [1.29, 1.82) is 0 Å². The van der Waals surface area contributed by atoms with Crippen LogP contribution in [-0.4, -0.2) is 30.3 Å². The third kappa shape index (κ3) is 7.39. The molecule has 6 nitrogen and oxygen atoms in total. The van der Waals surface area contributed by atoms with Crippen molar-refractivity contribution in [2.24, 2.45) is 0 Å². The summed E-state index contributed by atoms with van der Waals surface area (Å²) < 4.78 is 13.5. The molecule has 1 fully saturated rings. The molecule has 1 heterocycles. The number of carbonyl (C=O) groups is 1. The smallest absolute Gasteiger partial charge is 0.306 e. The Kier molecular flexibility index (Phi) is 9.62. The van der Waals surface area contributed by atoms with Crippen molar-refractivity contribution in [2.45, 2.75) is 32.2 Å². The summed E-state index contributed by atoms with van der Waals surface area (Å²) in [5.74, 6) is -0.320. The molecule has 1 aliphatic rings. The van der Waals surface area contributed by atoms with Crippen LogP contribution in [0.2, 0.25) is 0 Å². The number of carbonyl (C=O) groups excluding carboxylic acids is 1. The van der Waals surface area contributed by atoms with Crippen molar-refractivity contribution in [2.75, 3.05) is 13.2 Å². The van der Waals surface area contributed by atoms with Gasteiger partial charge in [-0.1, -0.05) is 6.42 Å². The average Bonchev–Trinajstić information content (AvgIpc) is 2.31. The second kappa shape index (κ2) is 9.98. The number of rotatable bonds is 3. The number of hydrogen-bond acceptors (Lipinski definition) is 5. The fourth-order valence-corrected chi connectivity index (χ4v) is 1.31. The van der Waals surface area contributed by atoms with E-state index in [1.165, 1.54) is 0 Å². The highest BCUT2D eigenvalue weighted by Gasteiger charge is 2.19. The average molecular weight is 236 g/mol. The summed E-state index contributed by atoms with van der Waals surface area (Å²) in [6.07, 6.45) is 3.01. The summed E-state index contributed by atoms with van der Waals surface area (Å²) in [5, 5.41) is 11.2. The topological polar surface area (TPSA) is 87.7 Å². The summed E-state index contributed by atoms with van der Waals surface area (Å²) >= 11 is 0. The molecular formula is C8H17N2O4P. The van der Waals surface area contributed by atoms with E-state index in [0.717, 1.165) is 25.8 Å². The van der Waals surface area contributed by atoms with E-state index in [-0.39, 0.29) is 20.6 Å². The zero-order valence-electron chi connectivity index (χ0n) is 8.73. The maximum Gasteiger partial charge on any atom is 0.327 e. The number of amides is 1. The second-order valence-corrected chi connectivity index (χ2v) is 3.38. The van der Waals surface area contributed by atoms with Crippen LogP contribution in [0.5, 0.6) is 0 Å². The van der Waals surface area contributed by atoms with Crippen LogP contribution in [0, 0.1) is 0 Å². The standard InChI is InChI=1S/C6H12N2O2.C2H5O2P/c9-6(8-10)5-3-1-2-4-7-5;1-2-4-5-3/h5,7,10H,1-4H2,(H,8,9);2H2,1H3. The molecule has 1 atom stereocenters. The van der Waals surface area contributed by atoms with Gasteiger partial charge in [-0.05, 0) is 26.3 Å². The first kappa shape index (κ1) is 14.5. The Morgan fingerprint density at radius 1 is 1.67 bits per heavy atom. The Hall–Kier alpha value is -0.550. The van der Waals surface area contributed by atoms with Crippen LogP contribution < -0.4 is 10.8 Å². The minimum absolute atomic E-state index is 0.182. The highest BCUT2D eigenvalue weighted by atomic mass is 31.1. The minimum atomic E-state index is -0.320. The van der Waals surface area contributed by atoms with Gasteiger partial charge in [0.1, 0.15) is 0 Å². The molecule has 1 saturated heterocycles. The van der Waals surface area contributed by atoms with E-state index < -0.39 is 0 Å². The summed E-state index contributed by atoms with van der Waals surface area (Å²) in [6, 6.07) is -0.182. The molecule has 1 aliphatic heterocycles. The fourth-order valence-electron chi connectivity index (χ4n) is 1.21. The zero-order chi connectivity index (χ0) is 11.5. The predicted octanol–water partition coefficient (Wildman–Crippen LogP) is 0.863. The van der Waals surface area contributed by atoms with Gasteiger partial charge >= 0.3 is 8.69 Å². The maximum atomic E-state index is 10.7. The third-order valence-corrected chi connectivity index (χ3v) is 2.28. The number of nitrogens with one attached hydrogen (secondary N) is 2. The van der Waals surface area contributed by atoms with Crippen molar-refractivity contribution in [3.05, 3.63) is 0 Å². The molecule has 1 amide bonds. The Morgan fingerprint density at radius 3 is 2.73 bits per heavy atom. The van der Waals surface area contributed by atoms with Crippen LogP contribution in [-0.2, 0) is 13.9 Å². The minimum Gasteiger partial charge on any atom is -0.306 e. The predicted molar refractivity (Wildman–Crippen MR) is 54.8 cm³/mol. The molecule has 0 aromatic carbocycles. The molecule has 1 rings (SSSR count). The number of piperidine rings is 1. The van der Waals surface area contributed by atoms with Crippen LogP contribution in [0.25, 0.3) is 0 Å². The van der Waals surface area contributed by atoms with Gasteiger partial charge in [0.15, 0.2) is 0 Å². The van der Waals surface area contributed by atoms with Crippen LogP contribution in [0.1, 0.15) is 26.2 Å². The maximum absolute atomic E-state index is 10.7. The lowest BCUT2D eigenvalue weighted by Gasteiger charge is -2.20. The Bertz CT molecular complexity index is 185. The first-order valence-corrected chi connectivity index (χ1v) is 5.61. The summed E-state index contributed by atoms with van der Waals surface area (Å²) in [5.41, 5.74) is 1.63. The van der Waals surface area contributed by atoms with Crippen LogP contribution in [0.3, 0.4) is 0 Å². The molecular weight excluding hydrogens is 219 g/mol. The van der Waals surface area contributed by atoms with Gasteiger partial charge in [0, 0.05) is 0 Å². The van der Waals surface area contributed by atoms with Gasteiger partial charge in [0.2, 0.25) is 0 Å². The van der Waals surface area contributed by atoms with Gasteiger partial charge in [-0.2, -0.15) is 0 Å². The molecule has 0 saturated carbocycles. The van der Waals surface area contributed by atoms with E-state index in [4.69, 9.17) is 5.21 Å². The first-order valence-electron chi connectivity index (χ1n) is 4.88. The fraction of sp³-hybridized carbons (Fsp3) is 0.875. The molecule has 0 spiro atoms. The van der Waals surface area contributed by atoms with Gasteiger partial charge in [-0.25, -0.2) is 10.0 Å². The van der Waals surface area contributed by atoms with E-state index in [0.29, 0.717) is 6.61 Å². The first-order chi connectivity index (χ1) is 7.26. The highest BCUT2D eigenvalue weighted by molar-refractivity contribution is 7.17. The van der Waals surface area contributed by atoms with Gasteiger partial charge in [0.25, 0.3) is 5.91 Å². The van der Waals surface area contributed by atoms with E-state index in [9.17, 15) is 9.36 Å². The lowest BCUT2D eigenvalue weighted by Crippen LogP contribution is -2.45. The summed E-state index contributed by atoms with van der Waals surface area (Å²) in [6.45, 7) is 3.17. The molecule has 0 aromatic heterocycles. The molecule has 0 bridgehead atoms. The summed E-state index contributed by atoms with van der Waals surface area (Å²) in [7, 11) is -0.220. The van der Waals surface area contributed by atoms with Crippen molar-refractivity contribution in [3.8, 4) is 0 Å². The van der Waals surface area contributed by atoms with Crippen LogP contribution in [0.15, 0.2) is 0 Å². The van der Waals surface area contributed by atoms with Crippen molar-refractivity contribution >= 4 is 14.6 Å². The number of hydrogen-bond donors (Lipinski definition) is 3. The van der Waals surface area contributed by atoms with E-state index in [2.05, 4.69) is 9.84 Å². The van der Waals surface area contributed by atoms with E-state index in [1.807, 2.05) is 0 Å². The second-order valence-electron chi connectivity index (χ2n) is 2.97. The lowest BCUT2D eigenvalue weighted by atomic mass is 10.1. The molecule has 0 radical (unpaired) electrons. The molecule has 15 heavy (non-hydrogen) atoms. The van der Waals surface area contributed by atoms with Crippen molar-refractivity contribution in [1.82, 2.24) is 10.8 Å². The molecule has 3 N–H and O–H groups in total. The van der Waals surface area contributed by atoms with E-state index >= 15 is 0 Å². The molecule has 7 heteroatoms. The van der Waals surface area contributed by atoms with Crippen LogP contribution >= 0.6 is 8.69 Å². The molecule has 1 unspecified atom stereocenters. The van der Waals surface area contributed by atoms with E-state index in [1.54, 1.807) is 12.4 Å². The largest absolute Gasteiger partial charge is 0.327 e. The normalized spacial score (nSPS) is 20.3. The number of hydroxylamine groups is 1. The summed E-state index contributed by atoms with van der Waals surface area (Å²) in [4.78, 5) is 10.7. The van der Waals surface area contributed by atoms with Crippen molar-refractivity contribution < 1.29 is 19.1 Å². The highest BCUT2D eigenvalue weighted by Crippen LogP contribution is 2.05. The van der Waals surface area contributed by atoms with Gasteiger partial charge < -0.3 is 5.32 Å². The van der Waals surface area contributed by atoms with Crippen molar-refractivity contribution in [3.63, 3.8) is 0 Å². The SMILES string of the molecule is CCOP=O.O=C(NO)C1CCCCN1. The zero-order valence-corrected chi connectivity index (χ0v) is 9.63. The lowest BCUT2D eigenvalue weighted by molar-refractivity contribution is -0.131. The molecule has 88 valence electrons. The Labute approximate surface area is 90.6 Å². The Morgan fingerprint density at radius 2 is 2.40 bits per heavy atom. The third-order valence-electron chi connectivity index (χ3n) is 1.92. The monoisotopic (exact) mass is 236 g/mol. The Balaban J connectivity index is 0.000000336. The van der Waals surface area contributed by atoms with Crippen LogP contribution in [0.4, 0.5) is 0 Å². The quantitative estimate of drug-likeness (QED) is 0.384. The molecule has 0 aliphatic carbocycles. The molecule has 0 aromatic rings. The van der Waals surface area contributed by atoms with Gasteiger partial charge in [-0.15, -0.1) is 0 Å².